The van der Waals surface area contributed by atoms with E-state index in [1.165, 1.54) is 0 Å². The van der Waals surface area contributed by atoms with Crippen molar-refractivity contribution in [2.24, 2.45) is 0 Å². The van der Waals surface area contributed by atoms with Gasteiger partial charge in [0.2, 0.25) is 5.91 Å². The fourth-order valence-electron chi connectivity index (χ4n) is 2.44. The van der Waals surface area contributed by atoms with E-state index in [-0.39, 0.29) is 11.9 Å². The van der Waals surface area contributed by atoms with E-state index in [1.807, 2.05) is 29.2 Å². The first-order chi connectivity index (χ1) is 10.1. The minimum atomic E-state index is 0.122. The zero-order valence-electron chi connectivity index (χ0n) is 13.1. The molecule has 21 heavy (non-hydrogen) atoms. The van der Waals surface area contributed by atoms with Crippen LogP contribution in [0.3, 0.4) is 0 Å². The van der Waals surface area contributed by atoms with Crippen LogP contribution in [-0.2, 0) is 4.79 Å². The summed E-state index contributed by atoms with van der Waals surface area (Å²) in [5, 5.41) is 3.30. The highest BCUT2D eigenvalue weighted by Crippen LogP contribution is 2.18. The Morgan fingerprint density at radius 1 is 1.33 bits per heavy atom. The van der Waals surface area contributed by atoms with Crippen molar-refractivity contribution in [3.63, 3.8) is 0 Å². The van der Waals surface area contributed by atoms with Crippen molar-refractivity contribution in [1.29, 1.82) is 0 Å². The highest BCUT2D eigenvalue weighted by Gasteiger charge is 2.19. The van der Waals surface area contributed by atoms with E-state index < -0.39 is 0 Å². The van der Waals surface area contributed by atoms with Crippen LogP contribution in [0.5, 0.6) is 5.75 Å². The lowest BCUT2D eigenvalue weighted by Crippen LogP contribution is -2.49. The number of hydrogen-bond acceptors (Lipinski definition) is 4. The quantitative estimate of drug-likeness (QED) is 0.883. The largest absolute Gasteiger partial charge is 0.497 e. The molecule has 0 spiro atoms. The van der Waals surface area contributed by atoms with E-state index in [0.29, 0.717) is 6.54 Å². The molecule has 1 saturated heterocycles. The number of nitrogens with one attached hydrogen (secondary N) is 1. The van der Waals surface area contributed by atoms with Crippen LogP contribution in [0.2, 0.25) is 0 Å². The van der Waals surface area contributed by atoms with Crippen molar-refractivity contribution in [2.75, 3.05) is 46.9 Å². The van der Waals surface area contributed by atoms with Crippen molar-refractivity contribution in [2.45, 2.75) is 13.0 Å². The molecule has 1 heterocycles. The second kappa shape index (κ2) is 7.43. The number of carbonyl (C=O) groups excluding carboxylic acids is 1. The summed E-state index contributed by atoms with van der Waals surface area (Å²) in [6, 6.07) is 8.05. The fourth-order valence-corrected chi connectivity index (χ4v) is 2.44. The van der Waals surface area contributed by atoms with Crippen molar-refractivity contribution in [3.05, 3.63) is 29.8 Å². The van der Waals surface area contributed by atoms with E-state index >= 15 is 0 Å². The topological polar surface area (TPSA) is 44.8 Å². The third-order valence-corrected chi connectivity index (χ3v) is 4.01. The highest BCUT2D eigenvalue weighted by atomic mass is 16.5. The van der Waals surface area contributed by atoms with Gasteiger partial charge >= 0.3 is 0 Å². The molecular formula is C16H25N3O2. The maximum absolute atomic E-state index is 12.2. The van der Waals surface area contributed by atoms with Crippen LogP contribution < -0.4 is 10.1 Å². The van der Waals surface area contributed by atoms with Crippen LogP contribution in [0.25, 0.3) is 0 Å². The zero-order valence-corrected chi connectivity index (χ0v) is 13.1. The van der Waals surface area contributed by atoms with Gasteiger partial charge in [0, 0.05) is 32.2 Å². The van der Waals surface area contributed by atoms with Crippen LogP contribution in [0.4, 0.5) is 0 Å². The third kappa shape index (κ3) is 4.44. The third-order valence-electron chi connectivity index (χ3n) is 4.01. The van der Waals surface area contributed by atoms with Gasteiger partial charge in [-0.3, -0.25) is 4.79 Å². The van der Waals surface area contributed by atoms with Gasteiger partial charge in [0.1, 0.15) is 5.75 Å². The van der Waals surface area contributed by atoms with Gasteiger partial charge in [-0.2, -0.15) is 0 Å². The van der Waals surface area contributed by atoms with Gasteiger partial charge in [0.25, 0.3) is 0 Å². The Bertz CT molecular complexity index is 470. The van der Waals surface area contributed by atoms with E-state index in [9.17, 15) is 4.79 Å². The van der Waals surface area contributed by atoms with Gasteiger partial charge in [0.05, 0.1) is 13.7 Å². The van der Waals surface area contributed by atoms with Gasteiger partial charge in [-0.1, -0.05) is 12.1 Å². The van der Waals surface area contributed by atoms with E-state index in [4.69, 9.17) is 4.74 Å². The summed E-state index contributed by atoms with van der Waals surface area (Å²) in [5.41, 5.74) is 1.13. The Hall–Kier alpha value is -1.59. The minimum Gasteiger partial charge on any atom is -0.497 e. The normalized spacial score (nSPS) is 17.6. The zero-order chi connectivity index (χ0) is 15.2. The standard InChI is InChI=1S/C16H25N3O2/c1-13(14-5-4-6-15(11-14)21-3)17-12-16(20)19-9-7-18(2)8-10-19/h4-6,11,13,17H,7-10,12H2,1-3H3/t13-/m1/s1. The van der Waals surface area contributed by atoms with Crippen LogP contribution in [0, 0.1) is 0 Å². The van der Waals surface area contributed by atoms with Gasteiger partial charge in [-0.25, -0.2) is 0 Å². The lowest BCUT2D eigenvalue weighted by atomic mass is 10.1. The number of nitrogens with zero attached hydrogens (tertiary/aromatic N) is 2. The first kappa shape index (κ1) is 15.8. The first-order valence-electron chi connectivity index (χ1n) is 7.44. The molecule has 5 nitrogen and oxygen atoms in total. The number of likely N-dealkylation sites (N-methyl/N-ethyl adjacent to an activating group) is 1. The van der Waals surface area contributed by atoms with Gasteiger partial charge in [-0.05, 0) is 31.7 Å². The Labute approximate surface area is 126 Å². The molecule has 1 aliphatic heterocycles. The molecular weight excluding hydrogens is 266 g/mol. The molecule has 5 heteroatoms. The van der Waals surface area contributed by atoms with E-state index in [0.717, 1.165) is 37.5 Å². The first-order valence-corrected chi connectivity index (χ1v) is 7.44. The summed E-state index contributed by atoms with van der Waals surface area (Å²) in [4.78, 5) is 16.4. The fraction of sp³-hybridized carbons (Fsp3) is 0.562. The van der Waals surface area contributed by atoms with Crippen molar-refractivity contribution in [3.8, 4) is 5.75 Å². The monoisotopic (exact) mass is 291 g/mol. The molecule has 1 atom stereocenters. The highest BCUT2D eigenvalue weighted by molar-refractivity contribution is 5.78. The summed E-state index contributed by atoms with van der Waals surface area (Å²) < 4.78 is 5.23. The SMILES string of the molecule is COc1cccc([C@@H](C)NCC(=O)N2CCN(C)CC2)c1. The van der Waals surface area contributed by atoms with Crippen molar-refractivity contribution in [1.82, 2.24) is 15.1 Å². The summed E-state index contributed by atoms with van der Waals surface area (Å²) in [6.07, 6.45) is 0. The van der Waals surface area contributed by atoms with E-state index in [2.05, 4.69) is 24.2 Å². The summed E-state index contributed by atoms with van der Waals surface area (Å²) in [6.45, 7) is 6.00. The summed E-state index contributed by atoms with van der Waals surface area (Å²) in [5.74, 6) is 1.02. The predicted molar refractivity (Wildman–Crippen MR) is 83.5 cm³/mol. The number of piperazine rings is 1. The molecule has 0 unspecified atom stereocenters. The van der Waals surface area contributed by atoms with Gasteiger partial charge in [-0.15, -0.1) is 0 Å². The average Bonchev–Trinajstić information content (AvgIpc) is 2.53. The maximum Gasteiger partial charge on any atom is 0.236 e. The Balaban J connectivity index is 1.82. The van der Waals surface area contributed by atoms with Crippen LogP contribution in [0.15, 0.2) is 24.3 Å². The van der Waals surface area contributed by atoms with Crippen LogP contribution in [0.1, 0.15) is 18.5 Å². The molecule has 1 amide bonds. The Morgan fingerprint density at radius 2 is 2.05 bits per heavy atom. The predicted octanol–water partition coefficient (Wildman–Crippen LogP) is 1.12. The molecule has 0 radical (unpaired) electrons. The molecule has 1 aliphatic rings. The summed E-state index contributed by atoms with van der Waals surface area (Å²) >= 11 is 0. The minimum absolute atomic E-state index is 0.122. The number of rotatable bonds is 5. The lowest BCUT2D eigenvalue weighted by molar-refractivity contribution is -0.131. The summed E-state index contributed by atoms with van der Waals surface area (Å²) in [7, 11) is 3.75. The van der Waals surface area contributed by atoms with Crippen molar-refractivity contribution >= 4 is 5.91 Å². The molecule has 1 N–H and O–H groups in total. The molecule has 1 aromatic rings. The van der Waals surface area contributed by atoms with Crippen LogP contribution in [-0.4, -0.2) is 62.6 Å². The molecule has 1 aromatic carbocycles. The molecule has 0 bridgehead atoms. The number of ether oxygens (including phenoxy) is 1. The second-order valence-corrected chi connectivity index (χ2v) is 5.56. The van der Waals surface area contributed by atoms with Gasteiger partial charge < -0.3 is 19.9 Å². The molecule has 116 valence electrons. The number of amides is 1. The number of hydrogen-bond donors (Lipinski definition) is 1. The average molecular weight is 291 g/mol. The van der Waals surface area contributed by atoms with Crippen LogP contribution >= 0.6 is 0 Å². The second-order valence-electron chi connectivity index (χ2n) is 5.56. The molecule has 2 rings (SSSR count). The smallest absolute Gasteiger partial charge is 0.236 e. The number of carbonyl (C=O) groups is 1. The lowest BCUT2D eigenvalue weighted by Gasteiger charge is -2.32. The van der Waals surface area contributed by atoms with E-state index in [1.54, 1.807) is 7.11 Å². The van der Waals surface area contributed by atoms with Gasteiger partial charge in [0.15, 0.2) is 0 Å². The van der Waals surface area contributed by atoms with Crippen molar-refractivity contribution < 1.29 is 9.53 Å². The molecule has 0 aliphatic carbocycles. The Kier molecular flexibility index (Phi) is 5.59. The molecule has 0 saturated carbocycles. The number of methoxy groups -OCH3 is 1. The molecule has 1 fully saturated rings. The molecule has 0 aromatic heterocycles. The maximum atomic E-state index is 12.2. The number of benzene rings is 1. The Morgan fingerprint density at radius 3 is 2.71 bits per heavy atom.